The Morgan fingerprint density at radius 3 is 1.87 bits per heavy atom. The molecule has 0 unspecified atom stereocenters. The summed E-state index contributed by atoms with van der Waals surface area (Å²) in [5, 5.41) is 0. The van der Waals surface area contributed by atoms with Crippen molar-refractivity contribution in [2.75, 3.05) is 0 Å². The van der Waals surface area contributed by atoms with E-state index >= 15 is 0 Å². The van der Waals surface area contributed by atoms with Gasteiger partial charge < -0.3 is 4.98 Å². The number of hydrogen-bond acceptors (Lipinski definition) is 2. The number of halogens is 2. The number of rotatable bonds is 5. The van der Waals surface area contributed by atoms with Crippen molar-refractivity contribution < 1.29 is 13.1 Å². The summed E-state index contributed by atoms with van der Waals surface area (Å²) in [5.41, 5.74) is 9.71. The topological polar surface area (TPSA) is 40.5 Å². The van der Waals surface area contributed by atoms with Gasteiger partial charge in [0.25, 0.3) is 0 Å². The zero-order chi connectivity index (χ0) is 23.0. The Kier molecular flexibility index (Phi) is 10.1. The van der Waals surface area contributed by atoms with Crippen molar-refractivity contribution in [1.29, 1.82) is 0 Å². The Balaban J connectivity index is 0.00000107. The number of nitrogens with one attached hydrogen (secondary N) is 1. The molecule has 0 atom stereocenters. The molecule has 3 nitrogen and oxygen atoms in total. The average Bonchev–Trinajstić information content (AvgIpc) is 3.22. The first kappa shape index (κ1) is 25.4. The summed E-state index contributed by atoms with van der Waals surface area (Å²) >= 11 is 0.194. The van der Waals surface area contributed by atoms with E-state index in [0.29, 0.717) is 5.92 Å². The van der Waals surface area contributed by atoms with Crippen LogP contribution in [0.4, 0.5) is 11.4 Å². The molecule has 0 aliphatic heterocycles. The normalized spacial score (nSPS) is 12.2. The first-order chi connectivity index (χ1) is 14.8. The van der Waals surface area contributed by atoms with Crippen molar-refractivity contribution in [2.45, 2.75) is 47.5 Å². The van der Waals surface area contributed by atoms with Crippen molar-refractivity contribution in [2.24, 2.45) is 9.98 Å². The number of aromatic nitrogens is 1. The van der Waals surface area contributed by atoms with Gasteiger partial charge in [0.05, 0.1) is 34.2 Å². The van der Waals surface area contributed by atoms with E-state index in [1.54, 1.807) is 0 Å². The van der Waals surface area contributed by atoms with Gasteiger partial charge in [-0.2, -0.15) is 0 Å². The van der Waals surface area contributed by atoms with Gasteiger partial charge in [-0.05, 0) is 68.5 Å². The molecule has 0 spiro atoms. The molecule has 1 heterocycles. The summed E-state index contributed by atoms with van der Waals surface area (Å²) in [4.78, 5) is 13.2. The quantitative estimate of drug-likeness (QED) is 0.271. The minimum atomic E-state index is 0.194. The van der Waals surface area contributed by atoms with Crippen LogP contribution in [-0.4, -0.2) is 16.4 Å². The van der Waals surface area contributed by atoms with E-state index in [0.717, 1.165) is 34.2 Å². The molecule has 3 rings (SSSR count). The van der Waals surface area contributed by atoms with Crippen molar-refractivity contribution in [3.8, 4) is 0 Å². The summed E-state index contributed by atoms with van der Waals surface area (Å²) in [6.07, 6.45) is 0. The third-order valence-corrected chi connectivity index (χ3v) is 5.03. The van der Waals surface area contributed by atoms with E-state index in [1.165, 1.54) is 16.7 Å². The second-order valence-electron chi connectivity index (χ2n) is 7.68. The van der Waals surface area contributed by atoms with E-state index in [-0.39, 0.29) is 13.1 Å². The van der Waals surface area contributed by atoms with Crippen LogP contribution >= 0.6 is 20.2 Å². The number of H-pyrrole nitrogens is 1. The van der Waals surface area contributed by atoms with Crippen LogP contribution in [0.3, 0.4) is 0 Å². The number of hydrogen-bond donors (Lipinski definition) is 1. The zero-order valence-electron chi connectivity index (χ0n) is 18.8. The molecule has 3 aromatic rings. The van der Waals surface area contributed by atoms with Gasteiger partial charge in [-0.15, -0.1) is 0 Å². The fourth-order valence-corrected chi connectivity index (χ4v) is 3.35. The van der Waals surface area contributed by atoms with Gasteiger partial charge in [-0.1, -0.05) is 50.2 Å². The van der Waals surface area contributed by atoms with Crippen LogP contribution in [-0.2, 0) is 13.1 Å². The van der Waals surface area contributed by atoms with Gasteiger partial charge in [-0.25, -0.2) is 0 Å². The van der Waals surface area contributed by atoms with Crippen LogP contribution in [0.2, 0.25) is 0 Å². The molecule has 0 aliphatic rings. The molecular weight excluding hydrogens is 469 g/mol. The molecule has 0 radical (unpaired) electrons. The molecule has 6 heteroatoms. The maximum absolute atomic E-state index is 4.88. The van der Waals surface area contributed by atoms with Crippen molar-refractivity contribution >= 4 is 43.0 Å². The summed E-state index contributed by atoms with van der Waals surface area (Å²) in [7, 11) is 9.53. The van der Waals surface area contributed by atoms with E-state index in [2.05, 4.69) is 81.2 Å². The van der Waals surface area contributed by atoms with Gasteiger partial charge in [-0.3, -0.25) is 9.98 Å². The number of para-hydroxylation sites is 2. The van der Waals surface area contributed by atoms with Crippen LogP contribution in [0.15, 0.2) is 64.6 Å². The SMILES string of the molecule is CC(=Nc1ccccc1C(C)C)c1ccc(C(C)=Nc2c(C)cccc2C)[nH]1.[Cl][Fe][Cl]. The Hall–Kier alpha value is -1.84. The van der Waals surface area contributed by atoms with Crippen molar-refractivity contribution in [1.82, 2.24) is 4.98 Å². The third kappa shape index (κ3) is 7.08. The Morgan fingerprint density at radius 1 is 0.806 bits per heavy atom. The summed E-state index contributed by atoms with van der Waals surface area (Å²) in [5.74, 6) is 0.443. The molecule has 2 aromatic carbocycles. The maximum atomic E-state index is 4.88. The summed E-state index contributed by atoms with van der Waals surface area (Å²) < 4.78 is 0. The molecule has 31 heavy (non-hydrogen) atoms. The molecule has 1 N–H and O–H groups in total. The molecule has 0 saturated heterocycles. The predicted octanol–water partition coefficient (Wildman–Crippen LogP) is 8.41. The second kappa shape index (κ2) is 12.3. The zero-order valence-corrected chi connectivity index (χ0v) is 21.4. The van der Waals surface area contributed by atoms with Crippen molar-refractivity contribution in [3.05, 3.63) is 82.7 Å². The van der Waals surface area contributed by atoms with Crippen LogP contribution in [0.1, 0.15) is 61.7 Å². The Morgan fingerprint density at radius 2 is 1.32 bits per heavy atom. The minimum absolute atomic E-state index is 0.194. The van der Waals surface area contributed by atoms with Gasteiger partial charge in [0.1, 0.15) is 0 Å². The molecule has 0 amide bonds. The van der Waals surface area contributed by atoms with Crippen LogP contribution < -0.4 is 0 Å². The third-order valence-electron chi connectivity index (χ3n) is 5.03. The summed E-state index contributed by atoms with van der Waals surface area (Å²) in [6, 6.07) is 18.8. The van der Waals surface area contributed by atoms with E-state index in [4.69, 9.17) is 30.2 Å². The van der Waals surface area contributed by atoms with Crippen LogP contribution in [0.5, 0.6) is 0 Å². The number of aliphatic imine (C=N–C) groups is 2. The van der Waals surface area contributed by atoms with Crippen LogP contribution in [0.25, 0.3) is 0 Å². The van der Waals surface area contributed by atoms with Crippen LogP contribution in [0, 0.1) is 13.8 Å². The summed E-state index contributed by atoms with van der Waals surface area (Å²) in [6.45, 7) is 12.7. The molecule has 0 fully saturated rings. The Labute approximate surface area is 200 Å². The van der Waals surface area contributed by atoms with E-state index in [9.17, 15) is 0 Å². The fraction of sp³-hybridized carbons (Fsp3) is 0.280. The van der Waals surface area contributed by atoms with E-state index in [1.807, 2.05) is 19.9 Å². The van der Waals surface area contributed by atoms with Gasteiger partial charge in [0, 0.05) is 0 Å². The molecule has 0 bridgehead atoms. The monoisotopic (exact) mass is 497 g/mol. The van der Waals surface area contributed by atoms with Gasteiger partial charge >= 0.3 is 33.3 Å². The standard InChI is InChI=1S/C25H29N3.2ClH.Fe/c1-16(2)21-12-7-8-13-24(21)26-19(5)22-14-15-23(28-22)20(6)27-25-17(3)10-9-11-18(25)4;;;/h7-16,28H,1-6H3;2*1H;/q;;;+2/p-2. The van der Waals surface area contributed by atoms with Crippen molar-refractivity contribution in [3.63, 3.8) is 0 Å². The van der Waals surface area contributed by atoms with Gasteiger partial charge in [0.15, 0.2) is 0 Å². The number of aryl methyl sites for hydroxylation is 2. The van der Waals surface area contributed by atoms with E-state index < -0.39 is 0 Å². The first-order valence-corrected chi connectivity index (χ1v) is 13.1. The predicted molar refractivity (Wildman–Crippen MR) is 133 cm³/mol. The molecule has 166 valence electrons. The fourth-order valence-electron chi connectivity index (χ4n) is 3.35. The number of benzene rings is 2. The number of nitrogens with zero attached hydrogens (tertiary/aromatic N) is 2. The second-order valence-corrected chi connectivity index (χ2v) is 9.51. The molecule has 0 saturated carbocycles. The Bertz CT molecular complexity index is 1050. The number of aromatic amines is 1. The molecule has 1 aromatic heterocycles. The molecule has 0 aliphatic carbocycles. The average molecular weight is 498 g/mol. The van der Waals surface area contributed by atoms with Gasteiger partial charge in [0.2, 0.25) is 0 Å². The first-order valence-electron chi connectivity index (χ1n) is 10.1. The molecular formula is C25H29Cl2FeN3.